The number of nitrogens with zero attached hydrogens (tertiary/aromatic N) is 3. The summed E-state index contributed by atoms with van der Waals surface area (Å²) < 4.78 is 11.2. The lowest BCUT2D eigenvalue weighted by Crippen LogP contribution is -2.28. The number of carboxylic acid groups (broad SMARTS) is 1. The molecule has 0 radical (unpaired) electrons. The summed E-state index contributed by atoms with van der Waals surface area (Å²) in [6, 6.07) is 15.2. The number of methoxy groups -OCH3 is 2. The van der Waals surface area contributed by atoms with Crippen LogP contribution in [0.25, 0.3) is 33.4 Å². The predicted octanol–water partition coefficient (Wildman–Crippen LogP) is 5.08. The van der Waals surface area contributed by atoms with E-state index in [-0.39, 0.29) is 19.5 Å². The van der Waals surface area contributed by atoms with Crippen molar-refractivity contribution < 1.29 is 24.5 Å². The number of carbonyl (C=O) groups is 1. The standard InChI is InChI=1S/C32H31Cl2N5O5/c1-43-26-11-18(14-38-25(26)17-35-16-20(40)13-28(41)42)21-5-3-7-23(29(21)33)24-8-4-6-22(30(24)34)19-12-27(44-2)31(39-15-19)32-36-9-10-37-32/h3-8,11-12,14-15,20,35,40H,9-10,13,16-17H2,1-2H3,(H,36,37)(H,41,42)/t20-/m0/s1. The molecule has 2 aromatic carbocycles. The van der Waals surface area contributed by atoms with Gasteiger partial charge >= 0.3 is 5.97 Å². The first kappa shape index (κ1) is 31.2. The summed E-state index contributed by atoms with van der Waals surface area (Å²) in [6.07, 6.45) is 2.10. The second-order valence-electron chi connectivity index (χ2n) is 10.0. The number of ether oxygens (including phenoxy) is 2. The van der Waals surface area contributed by atoms with Gasteiger partial charge in [0.15, 0.2) is 5.84 Å². The highest BCUT2D eigenvalue weighted by Crippen LogP contribution is 2.43. The molecule has 0 unspecified atom stereocenters. The van der Waals surface area contributed by atoms with Crippen molar-refractivity contribution in [3.8, 4) is 44.9 Å². The molecule has 12 heteroatoms. The molecule has 44 heavy (non-hydrogen) atoms. The van der Waals surface area contributed by atoms with Crippen molar-refractivity contribution in [2.45, 2.75) is 19.1 Å². The van der Waals surface area contributed by atoms with Crippen LogP contribution in [0.1, 0.15) is 17.8 Å². The molecule has 0 saturated carbocycles. The van der Waals surface area contributed by atoms with Crippen LogP contribution in [0.5, 0.6) is 11.5 Å². The molecule has 5 rings (SSSR count). The van der Waals surface area contributed by atoms with Gasteiger partial charge in [-0.1, -0.05) is 59.6 Å². The largest absolute Gasteiger partial charge is 0.495 e. The lowest BCUT2D eigenvalue weighted by molar-refractivity contribution is -0.139. The third-order valence-corrected chi connectivity index (χ3v) is 7.93. The smallest absolute Gasteiger partial charge is 0.306 e. The highest BCUT2D eigenvalue weighted by Gasteiger charge is 2.20. The summed E-state index contributed by atoms with van der Waals surface area (Å²) in [5.41, 5.74) is 5.80. The van der Waals surface area contributed by atoms with E-state index >= 15 is 0 Å². The Labute approximate surface area is 264 Å². The van der Waals surface area contributed by atoms with E-state index in [1.807, 2.05) is 48.5 Å². The molecule has 1 aliphatic heterocycles. The van der Waals surface area contributed by atoms with Crippen molar-refractivity contribution >= 4 is 35.0 Å². The average Bonchev–Trinajstić information content (AvgIpc) is 3.56. The second-order valence-corrected chi connectivity index (χ2v) is 10.8. The molecule has 1 aliphatic rings. The zero-order chi connectivity index (χ0) is 31.2. The summed E-state index contributed by atoms with van der Waals surface area (Å²) in [7, 11) is 3.14. The number of aliphatic imine (C=N–C) groups is 1. The molecule has 10 nitrogen and oxygen atoms in total. The highest BCUT2D eigenvalue weighted by atomic mass is 35.5. The molecule has 228 valence electrons. The van der Waals surface area contributed by atoms with Gasteiger partial charge in [-0.15, -0.1) is 0 Å². The number of amidine groups is 1. The predicted molar refractivity (Wildman–Crippen MR) is 171 cm³/mol. The fourth-order valence-corrected chi connectivity index (χ4v) is 5.64. The van der Waals surface area contributed by atoms with Crippen LogP contribution in [-0.2, 0) is 11.3 Å². The minimum atomic E-state index is -1.06. The molecular weight excluding hydrogens is 605 g/mol. The van der Waals surface area contributed by atoms with Crippen LogP contribution in [0, 0.1) is 0 Å². The number of aliphatic carboxylic acids is 1. The van der Waals surface area contributed by atoms with Crippen molar-refractivity contribution in [1.82, 2.24) is 20.6 Å². The topological polar surface area (TPSA) is 138 Å². The van der Waals surface area contributed by atoms with Gasteiger partial charge in [0.05, 0.1) is 49.0 Å². The zero-order valence-corrected chi connectivity index (χ0v) is 25.6. The second kappa shape index (κ2) is 14.0. The number of rotatable bonds is 12. The normalized spacial score (nSPS) is 13.2. The van der Waals surface area contributed by atoms with E-state index in [2.05, 4.69) is 25.6 Å². The zero-order valence-electron chi connectivity index (χ0n) is 24.1. The van der Waals surface area contributed by atoms with Gasteiger partial charge in [-0.3, -0.25) is 14.8 Å². The molecule has 0 aliphatic carbocycles. The molecule has 0 spiro atoms. The van der Waals surface area contributed by atoms with E-state index in [4.69, 9.17) is 37.8 Å². The first-order valence-corrected chi connectivity index (χ1v) is 14.6. The van der Waals surface area contributed by atoms with Crippen LogP contribution < -0.4 is 20.1 Å². The first-order chi connectivity index (χ1) is 21.3. The van der Waals surface area contributed by atoms with Gasteiger partial charge in [0, 0.05) is 65.4 Å². The van der Waals surface area contributed by atoms with E-state index in [0.29, 0.717) is 45.3 Å². The number of nitrogens with one attached hydrogen (secondary N) is 2. The van der Waals surface area contributed by atoms with Gasteiger partial charge < -0.3 is 30.3 Å². The van der Waals surface area contributed by atoms with Gasteiger partial charge in [0.2, 0.25) is 0 Å². The summed E-state index contributed by atoms with van der Waals surface area (Å²) in [4.78, 5) is 24.4. The molecule has 1 atom stereocenters. The lowest BCUT2D eigenvalue weighted by atomic mass is 9.96. The number of hydrogen-bond acceptors (Lipinski definition) is 9. The summed E-state index contributed by atoms with van der Waals surface area (Å²) >= 11 is 14.0. The maximum absolute atomic E-state index is 10.8. The summed E-state index contributed by atoms with van der Waals surface area (Å²) in [6.45, 7) is 1.84. The number of hydrogen-bond donors (Lipinski definition) is 4. The maximum atomic E-state index is 10.8. The quantitative estimate of drug-likeness (QED) is 0.168. The van der Waals surface area contributed by atoms with Gasteiger partial charge in [-0.25, -0.2) is 4.98 Å². The average molecular weight is 637 g/mol. The monoisotopic (exact) mass is 635 g/mol. The maximum Gasteiger partial charge on any atom is 0.306 e. The molecule has 0 saturated heterocycles. The van der Waals surface area contributed by atoms with Gasteiger partial charge in [-0.05, 0) is 12.1 Å². The molecule has 2 aromatic heterocycles. The van der Waals surface area contributed by atoms with E-state index in [0.717, 1.165) is 39.9 Å². The van der Waals surface area contributed by atoms with Crippen molar-refractivity contribution in [2.75, 3.05) is 33.9 Å². The van der Waals surface area contributed by atoms with Crippen molar-refractivity contribution in [3.63, 3.8) is 0 Å². The number of aliphatic hydroxyl groups excluding tert-OH is 1. The molecule has 0 fully saturated rings. The van der Waals surface area contributed by atoms with Crippen molar-refractivity contribution in [3.05, 3.63) is 82.4 Å². The Bertz CT molecular complexity index is 1710. The van der Waals surface area contributed by atoms with Crippen LogP contribution >= 0.6 is 23.2 Å². The molecule has 0 amide bonds. The van der Waals surface area contributed by atoms with Crippen LogP contribution in [0.3, 0.4) is 0 Å². The van der Waals surface area contributed by atoms with E-state index in [9.17, 15) is 9.90 Å². The molecular formula is C32H31Cl2N5O5. The molecule has 3 heterocycles. The third kappa shape index (κ3) is 6.79. The number of pyridine rings is 2. The van der Waals surface area contributed by atoms with Crippen LogP contribution in [0.15, 0.2) is 65.9 Å². The van der Waals surface area contributed by atoms with Crippen molar-refractivity contribution in [1.29, 1.82) is 0 Å². The Morgan fingerprint density at radius 2 is 1.55 bits per heavy atom. The number of carboxylic acids is 1. The first-order valence-electron chi connectivity index (χ1n) is 13.8. The fraction of sp³-hybridized carbons (Fsp3) is 0.250. The Balaban J connectivity index is 1.43. The molecule has 4 aromatic rings. The van der Waals surface area contributed by atoms with E-state index in [1.165, 1.54) is 0 Å². The number of benzene rings is 2. The number of aromatic nitrogens is 2. The molecule has 0 bridgehead atoms. The van der Waals surface area contributed by atoms with Crippen molar-refractivity contribution in [2.24, 2.45) is 4.99 Å². The van der Waals surface area contributed by atoms with Crippen LogP contribution in [0.2, 0.25) is 10.0 Å². The Hall–Kier alpha value is -4.22. The number of halogens is 2. The summed E-state index contributed by atoms with van der Waals surface area (Å²) in [5, 5.41) is 25.9. The van der Waals surface area contributed by atoms with Gasteiger partial charge in [-0.2, -0.15) is 0 Å². The lowest BCUT2D eigenvalue weighted by Gasteiger charge is -2.16. The SMILES string of the molecule is COc1cc(-c2cccc(-c3cccc(-c4cnc(C5=NCCN5)c(OC)c4)c3Cl)c2Cl)cnc1CNC[C@@H](O)CC(=O)O. The Morgan fingerprint density at radius 3 is 2.11 bits per heavy atom. The van der Waals surface area contributed by atoms with E-state index in [1.54, 1.807) is 26.6 Å². The molecule has 4 N–H and O–H groups in total. The summed E-state index contributed by atoms with van der Waals surface area (Å²) in [5.74, 6) is 0.758. The minimum absolute atomic E-state index is 0.103. The number of aliphatic hydroxyl groups is 1. The van der Waals surface area contributed by atoms with E-state index < -0.39 is 12.1 Å². The Morgan fingerprint density at radius 1 is 0.955 bits per heavy atom. The Kier molecular flexibility index (Phi) is 9.96. The minimum Gasteiger partial charge on any atom is -0.495 e. The van der Waals surface area contributed by atoms with Gasteiger partial charge in [0.25, 0.3) is 0 Å². The highest BCUT2D eigenvalue weighted by molar-refractivity contribution is 6.39. The fourth-order valence-electron chi connectivity index (χ4n) is 4.97. The van der Waals surface area contributed by atoms with Crippen LogP contribution in [-0.4, -0.2) is 71.9 Å². The van der Waals surface area contributed by atoms with Gasteiger partial charge in [0.1, 0.15) is 17.2 Å². The van der Waals surface area contributed by atoms with Crippen LogP contribution in [0.4, 0.5) is 0 Å². The third-order valence-electron chi connectivity index (χ3n) is 7.11.